The van der Waals surface area contributed by atoms with Crippen LogP contribution in [0, 0.1) is 12.7 Å². The topological polar surface area (TPSA) is 75.7 Å². The number of anilines is 2. The summed E-state index contributed by atoms with van der Waals surface area (Å²) in [5, 5.41) is 3.33. The Hall–Kier alpha value is -3.10. The number of nitrogens with zero attached hydrogens (tertiary/aromatic N) is 1. The standard InChI is InChI=1S/C23H22ClFN2O4S/c1-16-13-18(24)5-12-22(16)26-23(28)15-31-21-10-8-20(9-11-21)27(32(2,29)30)14-17-3-6-19(25)7-4-17/h3-13H,14-15H2,1-2H3,(H,26,28). The third-order valence-electron chi connectivity index (χ3n) is 4.60. The summed E-state index contributed by atoms with van der Waals surface area (Å²) >= 11 is 5.92. The summed E-state index contributed by atoms with van der Waals surface area (Å²) in [5.41, 5.74) is 2.54. The van der Waals surface area contributed by atoms with Crippen molar-refractivity contribution >= 4 is 38.9 Å². The predicted molar refractivity (Wildman–Crippen MR) is 124 cm³/mol. The second-order valence-corrected chi connectivity index (χ2v) is 9.53. The lowest BCUT2D eigenvalue weighted by Gasteiger charge is -2.23. The van der Waals surface area contributed by atoms with Gasteiger partial charge in [-0.3, -0.25) is 9.10 Å². The van der Waals surface area contributed by atoms with E-state index < -0.39 is 15.8 Å². The van der Waals surface area contributed by atoms with E-state index in [2.05, 4.69) is 5.32 Å². The molecule has 0 aliphatic carbocycles. The molecule has 0 saturated heterocycles. The smallest absolute Gasteiger partial charge is 0.262 e. The number of rotatable bonds is 8. The Kier molecular flexibility index (Phi) is 7.37. The van der Waals surface area contributed by atoms with Crippen LogP contribution in [0.5, 0.6) is 5.75 Å². The van der Waals surface area contributed by atoms with Gasteiger partial charge in [-0.25, -0.2) is 12.8 Å². The number of hydrogen-bond donors (Lipinski definition) is 1. The maximum atomic E-state index is 13.1. The van der Waals surface area contributed by atoms with Gasteiger partial charge in [0.2, 0.25) is 10.0 Å². The average molecular weight is 477 g/mol. The molecule has 3 aromatic rings. The van der Waals surface area contributed by atoms with E-state index in [1.54, 1.807) is 42.5 Å². The summed E-state index contributed by atoms with van der Waals surface area (Å²) in [6.45, 7) is 1.68. The molecule has 3 aromatic carbocycles. The normalized spacial score (nSPS) is 11.1. The van der Waals surface area contributed by atoms with Gasteiger partial charge in [0.05, 0.1) is 18.5 Å². The molecular weight excluding hydrogens is 455 g/mol. The molecule has 0 aromatic heterocycles. The van der Waals surface area contributed by atoms with E-state index in [9.17, 15) is 17.6 Å². The third kappa shape index (κ3) is 6.45. The second kappa shape index (κ2) is 10.0. The summed E-state index contributed by atoms with van der Waals surface area (Å²) in [4.78, 5) is 12.2. The molecule has 0 fully saturated rings. The van der Waals surface area contributed by atoms with Gasteiger partial charge in [0.1, 0.15) is 11.6 Å². The maximum Gasteiger partial charge on any atom is 0.262 e. The van der Waals surface area contributed by atoms with Gasteiger partial charge in [-0.05, 0) is 72.6 Å². The Morgan fingerprint density at radius 3 is 2.31 bits per heavy atom. The number of carbonyl (C=O) groups is 1. The largest absolute Gasteiger partial charge is 0.484 e. The molecule has 0 saturated carbocycles. The van der Waals surface area contributed by atoms with Crippen LogP contribution in [-0.2, 0) is 21.4 Å². The monoisotopic (exact) mass is 476 g/mol. The quantitative estimate of drug-likeness (QED) is 0.508. The lowest BCUT2D eigenvalue weighted by atomic mass is 10.2. The first-order valence-corrected chi connectivity index (χ1v) is 11.9. The van der Waals surface area contributed by atoms with E-state index >= 15 is 0 Å². The van der Waals surface area contributed by atoms with Crippen LogP contribution in [0.4, 0.5) is 15.8 Å². The first-order chi connectivity index (χ1) is 15.1. The highest BCUT2D eigenvalue weighted by molar-refractivity contribution is 7.92. The van der Waals surface area contributed by atoms with Crippen molar-refractivity contribution in [3.05, 3.63) is 88.7 Å². The molecule has 0 unspecified atom stereocenters. The number of ether oxygens (including phenoxy) is 1. The van der Waals surface area contributed by atoms with Gasteiger partial charge < -0.3 is 10.1 Å². The molecule has 0 spiro atoms. The van der Waals surface area contributed by atoms with Crippen molar-refractivity contribution < 1.29 is 22.3 Å². The first-order valence-electron chi connectivity index (χ1n) is 9.63. The molecule has 3 rings (SSSR count). The van der Waals surface area contributed by atoms with E-state index in [4.69, 9.17) is 16.3 Å². The number of hydrogen-bond acceptors (Lipinski definition) is 4. The number of aryl methyl sites for hydroxylation is 1. The van der Waals surface area contributed by atoms with Crippen LogP contribution in [0.25, 0.3) is 0 Å². The zero-order chi connectivity index (χ0) is 23.3. The molecule has 9 heteroatoms. The molecule has 1 N–H and O–H groups in total. The summed E-state index contributed by atoms with van der Waals surface area (Å²) in [6.07, 6.45) is 1.10. The molecule has 1 amide bonds. The van der Waals surface area contributed by atoms with Crippen LogP contribution in [0.15, 0.2) is 66.7 Å². The van der Waals surface area contributed by atoms with Gasteiger partial charge in [-0.2, -0.15) is 0 Å². The lowest BCUT2D eigenvalue weighted by Crippen LogP contribution is -2.29. The van der Waals surface area contributed by atoms with Crippen molar-refractivity contribution in [3.63, 3.8) is 0 Å². The van der Waals surface area contributed by atoms with E-state index in [-0.39, 0.29) is 19.1 Å². The summed E-state index contributed by atoms with van der Waals surface area (Å²) < 4.78 is 44.4. The molecule has 0 heterocycles. The SMILES string of the molecule is Cc1cc(Cl)ccc1NC(=O)COc1ccc(N(Cc2ccc(F)cc2)S(C)(=O)=O)cc1. The Morgan fingerprint density at radius 2 is 1.72 bits per heavy atom. The Morgan fingerprint density at radius 1 is 1.06 bits per heavy atom. The molecule has 0 aliphatic heterocycles. The summed E-state index contributed by atoms with van der Waals surface area (Å²) in [6, 6.07) is 17.1. The average Bonchev–Trinajstić information content (AvgIpc) is 2.73. The molecule has 0 atom stereocenters. The third-order valence-corrected chi connectivity index (χ3v) is 5.97. The molecule has 168 valence electrons. The van der Waals surface area contributed by atoms with Gasteiger partial charge in [-0.15, -0.1) is 0 Å². The lowest BCUT2D eigenvalue weighted by molar-refractivity contribution is -0.118. The highest BCUT2D eigenvalue weighted by Gasteiger charge is 2.18. The fourth-order valence-electron chi connectivity index (χ4n) is 2.97. The number of carbonyl (C=O) groups excluding carboxylic acids is 1. The van der Waals surface area contributed by atoms with Crippen molar-refractivity contribution in [2.75, 3.05) is 22.5 Å². The second-order valence-electron chi connectivity index (χ2n) is 7.19. The van der Waals surface area contributed by atoms with Crippen LogP contribution < -0.4 is 14.4 Å². The predicted octanol–water partition coefficient (Wildman–Crippen LogP) is 4.77. The molecule has 32 heavy (non-hydrogen) atoms. The van der Waals surface area contributed by atoms with Crippen molar-refractivity contribution in [1.82, 2.24) is 0 Å². The number of amides is 1. The fraction of sp³-hybridized carbons (Fsp3) is 0.174. The van der Waals surface area contributed by atoms with E-state index in [0.29, 0.717) is 27.7 Å². The molecular formula is C23H22ClFN2O4S. The van der Waals surface area contributed by atoms with Gasteiger partial charge in [0.15, 0.2) is 6.61 Å². The number of benzene rings is 3. The van der Waals surface area contributed by atoms with Gasteiger partial charge in [0.25, 0.3) is 5.91 Å². The first kappa shape index (κ1) is 23.6. The fourth-order valence-corrected chi connectivity index (χ4v) is 4.08. The molecule has 6 nitrogen and oxygen atoms in total. The minimum Gasteiger partial charge on any atom is -0.484 e. The number of halogens is 2. The van der Waals surface area contributed by atoms with Crippen LogP contribution in [-0.4, -0.2) is 27.2 Å². The van der Waals surface area contributed by atoms with Crippen LogP contribution in [0.3, 0.4) is 0 Å². The van der Waals surface area contributed by atoms with E-state index in [0.717, 1.165) is 11.8 Å². The Labute approximate surface area is 191 Å². The van der Waals surface area contributed by atoms with Crippen molar-refractivity contribution in [1.29, 1.82) is 0 Å². The van der Waals surface area contributed by atoms with E-state index in [1.165, 1.54) is 28.6 Å². The molecule has 0 radical (unpaired) electrons. The number of nitrogens with one attached hydrogen (secondary N) is 1. The Balaban J connectivity index is 1.64. The maximum absolute atomic E-state index is 13.1. The summed E-state index contributed by atoms with van der Waals surface area (Å²) in [7, 11) is -3.58. The number of sulfonamides is 1. The van der Waals surface area contributed by atoms with Crippen LogP contribution in [0.2, 0.25) is 5.02 Å². The van der Waals surface area contributed by atoms with Gasteiger partial charge in [-0.1, -0.05) is 23.7 Å². The molecule has 0 bridgehead atoms. The van der Waals surface area contributed by atoms with Crippen molar-refractivity contribution in [2.45, 2.75) is 13.5 Å². The zero-order valence-corrected chi connectivity index (χ0v) is 19.1. The van der Waals surface area contributed by atoms with Crippen molar-refractivity contribution in [3.8, 4) is 5.75 Å². The minimum atomic E-state index is -3.58. The molecule has 0 aliphatic rings. The van der Waals surface area contributed by atoms with Crippen LogP contribution >= 0.6 is 11.6 Å². The van der Waals surface area contributed by atoms with E-state index in [1.807, 2.05) is 6.92 Å². The zero-order valence-electron chi connectivity index (χ0n) is 17.5. The summed E-state index contributed by atoms with van der Waals surface area (Å²) in [5.74, 6) is -0.322. The highest BCUT2D eigenvalue weighted by Crippen LogP contribution is 2.24. The Bertz CT molecular complexity index is 1200. The highest BCUT2D eigenvalue weighted by atomic mass is 35.5. The van der Waals surface area contributed by atoms with Crippen LogP contribution in [0.1, 0.15) is 11.1 Å². The van der Waals surface area contributed by atoms with Crippen molar-refractivity contribution in [2.24, 2.45) is 0 Å². The van der Waals surface area contributed by atoms with Gasteiger partial charge in [0, 0.05) is 10.7 Å². The van der Waals surface area contributed by atoms with Gasteiger partial charge >= 0.3 is 0 Å². The minimum absolute atomic E-state index is 0.0577.